The van der Waals surface area contributed by atoms with Gasteiger partial charge in [-0.3, -0.25) is 9.59 Å². The Hall–Kier alpha value is -1.07. The van der Waals surface area contributed by atoms with Crippen LogP contribution in [0.15, 0.2) is 12.1 Å². The van der Waals surface area contributed by atoms with Gasteiger partial charge >= 0.3 is 5.97 Å². The number of hydrogen-bond donors (Lipinski definition) is 2. The summed E-state index contributed by atoms with van der Waals surface area (Å²) < 4.78 is 0.716. The smallest absolute Gasteiger partial charge is 0.311 e. The number of carboxylic acids is 1. The second-order valence-electron chi connectivity index (χ2n) is 4.57. The lowest BCUT2D eigenvalue weighted by Crippen LogP contribution is -2.34. The quantitative estimate of drug-likeness (QED) is 0.844. The maximum atomic E-state index is 11.6. The second kappa shape index (κ2) is 5.28. The molecular weight excluding hydrogens is 274 g/mol. The number of nitrogens with one attached hydrogen (secondary N) is 1. The van der Waals surface area contributed by atoms with Gasteiger partial charge in [0.05, 0.1) is 9.75 Å². The minimum absolute atomic E-state index is 0.105. The standard InChI is InChI=1S/C12H14ClNO3S/c13-9-3-1-8(18-9)2-4-10(15)14-7-12(5-6-12)11(16)17/h1,3H,2,4-7H2,(H,14,15)(H,16,17). The Kier molecular flexibility index (Phi) is 3.92. The van der Waals surface area contributed by atoms with Crippen LogP contribution in [0.25, 0.3) is 0 Å². The van der Waals surface area contributed by atoms with Crippen LogP contribution >= 0.6 is 22.9 Å². The minimum Gasteiger partial charge on any atom is -0.481 e. The zero-order chi connectivity index (χ0) is 13.2. The number of rotatable bonds is 6. The number of aryl methyl sites for hydroxylation is 1. The number of halogens is 1. The maximum Gasteiger partial charge on any atom is 0.311 e. The molecule has 1 fully saturated rings. The molecule has 6 heteroatoms. The van der Waals surface area contributed by atoms with Gasteiger partial charge in [-0.25, -0.2) is 0 Å². The van der Waals surface area contributed by atoms with Crippen LogP contribution in [0.2, 0.25) is 4.34 Å². The molecule has 1 saturated carbocycles. The third-order valence-corrected chi connectivity index (χ3v) is 4.45. The molecule has 98 valence electrons. The average Bonchev–Trinajstić information content (AvgIpc) is 3.02. The van der Waals surface area contributed by atoms with Gasteiger partial charge in [0.15, 0.2) is 0 Å². The second-order valence-corrected chi connectivity index (χ2v) is 6.37. The van der Waals surface area contributed by atoms with Gasteiger partial charge in [-0.15, -0.1) is 11.3 Å². The maximum absolute atomic E-state index is 11.6. The van der Waals surface area contributed by atoms with Crippen molar-refractivity contribution in [3.05, 3.63) is 21.3 Å². The molecule has 0 unspecified atom stereocenters. The number of hydrogen-bond acceptors (Lipinski definition) is 3. The molecule has 0 aliphatic heterocycles. The van der Waals surface area contributed by atoms with E-state index in [4.69, 9.17) is 16.7 Å². The lowest BCUT2D eigenvalue weighted by molar-refractivity contribution is -0.143. The molecule has 0 aromatic carbocycles. The molecule has 1 aromatic heterocycles. The highest BCUT2D eigenvalue weighted by Crippen LogP contribution is 2.45. The van der Waals surface area contributed by atoms with Crippen LogP contribution in [0.4, 0.5) is 0 Å². The van der Waals surface area contributed by atoms with E-state index in [9.17, 15) is 9.59 Å². The van der Waals surface area contributed by atoms with Crippen molar-refractivity contribution < 1.29 is 14.7 Å². The summed E-state index contributed by atoms with van der Waals surface area (Å²) in [6.45, 7) is 0.242. The van der Waals surface area contributed by atoms with E-state index < -0.39 is 11.4 Å². The molecular formula is C12H14ClNO3S. The number of thiophene rings is 1. The fraction of sp³-hybridized carbons (Fsp3) is 0.500. The van der Waals surface area contributed by atoms with E-state index in [1.54, 1.807) is 0 Å². The molecule has 1 heterocycles. The zero-order valence-corrected chi connectivity index (χ0v) is 11.3. The van der Waals surface area contributed by atoms with Crippen molar-refractivity contribution in [1.29, 1.82) is 0 Å². The van der Waals surface area contributed by atoms with Crippen molar-refractivity contribution in [2.75, 3.05) is 6.54 Å². The van der Waals surface area contributed by atoms with Gasteiger partial charge in [-0.2, -0.15) is 0 Å². The molecule has 1 amide bonds. The molecule has 2 N–H and O–H groups in total. The molecule has 1 aliphatic rings. The Morgan fingerprint density at radius 2 is 2.17 bits per heavy atom. The van der Waals surface area contributed by atoms with Crippen LogP contribution in [0.5, 0.6) is 0 Å². The van der Waals surface area contributed by atoms with Gasteiger partial charge in [0.1, 0.15) is 0 Å². The van der Waals surface area contributed by atoms with Gasteiger partial charge in [0.25, 0.3) is 0 Å². The van der Waals surface area contributed by atoms with E-state index in [-0.39, 0.29) is 12.5 Å². The van der Waals surface area contributed by atoms with Gasteiger partial charge in [-0.1, -0.05) is 11.6 Å². The van der Waals surface area contributed by atoms with Crippen LogP contribution in [-0.4, -0.2) is 23.5 Å². The first kappa shape index (κ1) is 13.4. The van der Waals surface area contributed by atoms with Crippen LogP contribution in [-0.2, 0) is 16.0 Å². The van der Waals surface area contributed by atoms with E-state index in [0.717, 1.165) is 4.88 Å². The number of aliphatic carboxylic acids is 1. The number of amides is 1. The summed E-state index contributed by atoms with van der Waals surface area (Å²) >= 11 is 7.25. The van der Waals surface area contributed by atoms with Crippen molar-refractivity contribution in [3.8, 4) is 0 Å². The van der Waals surface area contributed by atoms with E-state index in [1.807, 2.05) is 12.1 Å². The van der Waals surface area contributed by atoms with Gasteiger partial charge < -0.3 is 10.4 Å². The summed E-state index contributed by atoms with van der Waals surface area (Å²) in [4.78, 5) is 23.6. The normalized spacial score (nSPS) is 16.3. The highest BCUT2D eigenvalue weighted by atomic mass is 35.5. The highest BCUT2D eigenvalue weighted by molar-refractivity contribution is 7.16. The van der Waals surface area contributed by atoms with E-state index >= 15 is 0 Å². The first-order chi connectivity index (χ1) is 8.52. The third kappa shape index (κ3) is 3.23. The van der Waals surface area contributed by atoms with Gasteiger partial charge in [-0.05, 0) is 31.4 Å². The third-order valence-electron chi connectivity index (χ3n) is 3.16. The van der Waals surface area contributed by atoms with Crippen molar-refractivity contribution in [2.45, 2.75) is 25.7 Å². The summed E-state index contributed by atoms with van der Waals surface area (Å²) in [7, 11) is 0. The topological polar surface area (TPSA) is 66.4 Å². The molecule has 18 heavy (non-hydrogen) atoms. The summed E-state index contributed by atoms with van der Waals surface area (Å²) in [6.07, 6.45) is 2.32. The Morgan fingerprint density at radius 1 is 1.44 bits per heavy atom. The number of carboxylic acid groups (broad SMARTS) is 1. The number of carbonyl (C=O) groups excluding carboxylic acids is 1. The van der Waals surface area contributed by atoms with E-state index in [2.05, 4.69) is 5.32 Å². The van der Waals surface area contributed by atoms with Crippen molar-refractivity contribution in [2.24, 2.45) is 5.41 Å². The Labute approximate surface area is 114 Å². The van der Waals surface area contributed by atoms with E-state index in [0.29, 0.717) is 30.0 Å². The van der Waals surface area contributed by atoms with Crippen LogP contribution in [0.3, 0.4) is 0 Å². The van der Waals surface area contributed by atoms with Crippen LogP contribution < -0.4 is 5.32 Å². The number of carbonyl (C=O) groups is 2. The van der Waals surface area contributed by atoms with E-state index in [1.165, 1.54) is 11.3 Å². The zero-order valence-electron chi connectivity index (χ0n) is 9.74. The molecule has 4 nitrogen and oxygen atoms in total. The van der Waals surface area contributed by atoms with Crippen LogP contribution in [0.1, 0.15) is 24.1 Å². The SMILES string of the molecule is O=C(CCc1ccc(Cl)s1)NCC1(C(=O)O)CC1. The van der Waals surface area contributed by atoms with Crippen molar-refractivity contribution >= 4 is 34.8 Å². The first-order valence-corrected chi connectivity index (χ1v) is 6.96. The monoisotopic (exact) mass is 287 g/mol. The molecule has 0 atom stereocenters. The largest absolute Gasteiger partial charge is 0.481 e. The molecule has 1 aromatic rings. The molecule has 1 aliphatic carbocycles. The van der Waals surface area contributed by atoms with Gasteiger partial charge in [0, 0.05) is 17.8 Å². The molecule has 2 rings (SSSR count). The average molecular weight is 288 g/mol. The Bertz CT molecular complexity index is 468. The lowest BCUT2D eigenvalue weighted by Gasteiger charge is -2.10. The van der Waals surface area contributed by atoms with Crippen molar-refractivity contribution in [1.82, 2.24) is 5.32 Å². The predicted octanol–water partition coefficient (Wildman–Crippen LogP) is 2.32. The highest BCUT2D eigenvalue weighted by Gasteiger charge is 2.50. The predicted molar refractivity (Wildman–Crippen MR) is 70.0 cm³/mol. The molecule has 0 spiro atoms. The fourth-order valence-corrected chi connectivity index (χ4v) is 2.78. The fourth-order valence-electron chi connectivity index (χ4n) is 1.70. The van der Waals surface area contributed by atoms with Gasteiger partial charge in [0.2, 0.25) is 5.91 Å². The lowest BCUT2D eigenvalue weighted by atomic mass is 10.1. The molecule has 0 saturated heterocycles. The Balaban J connectivity index is 1.71. The summed E-state index contributed by atoms with van der Waals surface area (Å²) in [6, 6.07) is 3.71. The Morgan fingerprint density at radius 3 is 2.67 bits per heavy atom. The molecule has 0 bridgehead atoms. The minimum atomic E-state index is -0.812. The van der Waals surface area contributed by atoms with Crippen molar-refractivity contribution in [3.63, 3.8) is 0 Å². The first-order valence-electron chi connectivity index (χ1n) is 5.76. The summed E-state index contributed by atoms with van der Waals surface area (Å²) in [5.74, 6) is -0.917. The summed E-state index contributed by atoms with van der Waals surface area (Å²) in [5, 5.41) is 11.7. The van der Waals surface area contributed by atoms with Crippen LogP contribution in [0, 0.1) is 5.41 Å². The summed E-state index contributed by atoms with van der Waals surface area (Å²) in [5.41, 5.74) is -0.693. The molecule has 0 radical (unpaired) electrons.